The lowest BCUT2D eigenvalue weighted by atomic mass is 10.1. The highest BCUT2D eigenvalue weighted by Gasteiger charge is 2.22. The van der Waals surface area contributed by atoms with Crippen molar-refractivity contribution in [2.24, 2.45) is 0 Å². The molecule has 0 unspecified atom stereocenters. The number of likely N-dealkylation sites (tertiary alicyclic amines) is 1. The molecule has 1 saturated heterocycles. The molecular weight excluding hydrogens is 338 g/mol. The fraction of sp³-hybridized carbons (Fsp3) is 0.471. The van der Waals surface area contributed by atoms with Gasteiger partial charge in [0.15, 0.2) is 10.2 Å². The number of nitrogens with one attached hydrogen (secondary N) is 2. The quantitative estimate of drug-likeness (QED) is 0.769. The lowest BCUT2D eigenvalue weighted by Gasteiger charge is -2.32. The first-order valence-electron chi connectivity index (χ1n) is 8.54. The molecule has 1 aliphatic heterocycles. The summed E-state index contributed by atoms with van der Waals surface area (Å²) in [4.78, 5) is 22.0. The van der Waals surface area contributed by atoms with Crippen LogP contribution in [0.4, 0.5) is 4.79 Å². The number of aromatic nitrogens is 2. The van der Waals surface area contributed by atoms with E-state index in [2.05, 4.69) is 20.6 Å². The topological polar surface area (TPSA) is 83.3 Å². The van der Waals surface area contributed by atoms with Gasteiger partial charge in [-0.3, -0.25) is 0 Å². The summed E-state index contributed by atoms with van der Waals surface area (Å²) in [5.41, 5.74) is 0. The van der Waals surface area contributed by atoms with E-state index in [4.69, 9.17) is 4.42 Å². The smallest absolute Gasteiger partial charge is 0.317 e. The number of carbonyl (C=O) groups excluding carboxylic acids is 1. The summed E-state index contributed by atoms with van der Waals surface area (Å²) in [7, 11) is 0. The van der Waals surface area contributed by atoms with Crippen LogP contribution in [-0.2, 0) is 6.54 Å². The number of urea groups is 1. The molecule has 8 heteroatoms. The van der Waals surface area contributed by atoms with Gasteiger partial charge < -0.3 is 20.0 Å². The third kappa shape index (κ3) is 5.20. The van der Waals surface area contributed by atoms with Crippen LogP contribution in [0.25, 0.3) is 0 Å². The van der Waals surface area contributed by atoms with E-state index in [0.717, 1.165) is 36.8 Å². The number of rotatable bonds is 6. The van der Waals surface area contributed by atoms with Crippen LogP contribution in [0.2, 0.25) is 0 Å². The van der Waals surface area contributed by atoms with Gasteiger partial charge in [-0.25, -0.2) is 14.8 Å². The lowest BCUT2D eigenvalue weighted by molar-refractivity contribution is 0.176. The fourth-order valence-corrected chi connectivity index (χ4v) is 3.42. The van der Waals surface area contributed by atoms with Gasteiger partial charge in [-0.1, -0.05) is 0 Å². The first-order chi connectivity index (χ1) is 12.2. The second-order valence-electron chi connectivity index (χ2n) is 5.83. The van der Waals surface area contributed by atoms with Crippen LogP contribution in [0.15, 0.2) is 45.3 Å². The second-order valence-corrected chi connectivity index (χ2v) is 6.80. The van der Waals surface area contributed by atoms with Crippen LogP contribution in [-0.4, -0.2) is 46.6 Å². The Labute approximate surface area is 151 Å². The van der Waals surface area contributed by atoms with Crippen LogP contribution >= 0.6 is 11.8 Å². The maximum absolute atomic E-state index is 11.8. The normalized spacial score (nSPS) is 15.3. The average molecular weight is 361 g/mol. The zero-order valence-corrected chi connectivity index (χ0v) is 15.1. The van der Waals surface area contributed by atoms with Crippen molar-refractivity contribution in [3.63, 3.8) is 0 Å². The number of carbonyl (C=O) groups is 1. The maximum Gasteiger partial charge on any atom is 0.317 e. The molecule has 3 rings (SSSR count). The van der Waals surface area contributed by atoms with E-state index in [9.17, 15) is 4.79 Å². The van der Waals surface area contributed by atoms with E-state index in [1.165, 1.54) is 11.8 Å². The van der Waals surface area contributed by atoms with Crippen LogP contribution in [0.3, 0.4) is 0 Å². The second kappa shape index (κ2) is 8.87. The Hall–Kier alpha value is -2.06. The molecule has 0 atom stereocenters. The van der Waals surface area contributed by atoms with Crippen molar-refractivity contribution in [3.8, 4) is 0 Å². The van der Waals surface area contributed by atoms with E-state index in [0.29, 0.717) is 24.3 Å². The molecule has 1 aliphatic rings. The highest BCUT2D eigenvalue weighted by Crippen LogP contribution is 2.26. The highest BCUT2D eigenvalue weighted by atomic mass is 32.2. The van der Waals surface area contributed by atoms with E-state index in [-0.39, 0.29) is 6.03 Å². The molecule has 0 aromatic carbocycles. The minimum absolute atomic E-state index is 0.0387. The van der Waals surface area contributed by atoms with Gasteiger partial charge in [-0.2, -0.15) is 0 Å². The zero-order chi connectivity index (χ0) is 17.5. The SMILES string of the molecule is CCNC(=O)N1CCC(NCc2ccc(Sc3ncccn3)o2)CC1. The third-order valence-corrected chi connectivity index (χ3v) is 4.86. The third-order valence-electron chi connectivity index (χ3n) is 4.05. The number of hydrogen-bond donors (Lipinski definition) is 2. The number of piperidine rings is 1. The van der Waals surface area contributed by atoms with Crippen molar-refractivity contribution in [1.29, 1.82) is 0 Å². The van der Waals surface area contributed by atoms with Crippen LogP contribution in [0.5, 0.6) is 0 Å². The Bertz CT molecular complexity index is 671. The first-order valence-corrected chi connectivity index (χ1v) is 9.36. The summed E-state index contributed by atoms with van der Waals surface area (Å²) in [5.74, 6) is 0.893. The summed E-state index contributed by atoms with van der Waals surface area (Å²) < 4.78 is 5.82. The van der Waals surface area contributed by atoms with E-state index in [1.54, 1.807) is 18.5 Å². The van der Waals surface area contributed by atoms with Crippen molar-refractivity contribution < 1.29 is 9.21 Å². The molecule has 2 aromatic heterocycles. The van der Waals surface area contributed by atoms with Crippen LogP contribution < -0.4 is 10.6 Å². The van der Waals surface area contributed by atoms with Crippen molar-refractivity contribution in [2.75, 3.05) is 19.6 Å². The Morgan fingerprint density at radius 2 is 2.08 bits per heavy atom. The zero-order valence-electron chi connectivity index (χ0n) is 14.3. The van der Waals surface area contributed by atoms with Crippen molar-refractivity contribution in [2.45, 2.75) is 42.6 Å². The molecule has 0 aliphatic carbocycles. The molecule has 7 nitrogen and oxygen atoms in total. The molecule has 2 amide bonds. The molecule has 0 bridgehead atoms. The molecular formula is C17H23N5O2S. The summed E-state index contributed by atoms with van der Waals surface area (Å²) in [6.45, 7) is 4.86. The Kier molecular flexibility index (Phi) is 6.30. The van der Waals surface area contributed by atoms with Gasteiger partial charge in [0, 0.05) is 38.1 Å². The summed E-state index contributed by atoms with van der Waals surface area (Å²) >= 11 is 1.41. The number of hydrogen-bond acceptors (Lipinski definition) is 6. The molecule has 134 valence electrons. The Morgan fingerprint density at radius 3 is 2.80 bits per heavy atom. The molecule has 2 aromatic rings. The van der Waals surface area contributed by atoms with Gasteiger partial charge in [-0.05, 0) is 49.7 Å². The lowest BCUT2D eigenvalue weighted by Crippen LogP contribution is -2.48. The predicted octanol–water partition coefficient (Wildman–Crippen LogP) is 2.50. The Morgan fingerprint density at radius 1 is 1.32 bits per heavy atom. The Balaban J connectivity index is 1.42. The summed E-state index contributed by atoms with van der Waals surface area (Å²) in [6, 6.07) is 6.15. The van der Waals surface area contributed by atoms with Crippen molar-refractivity contribution in [3.05, 3.63) is 36.4 Å². The van der Waals surface area contributed by atoms with Gasteiger partial charge >= 0.3 is 6.03 Å². The van der Waals surface area contributed by atoms with E-state index in [1.807, 2.05) is 24.0 Å². The van der Waals surface area contributed by atoms with Crippen molar-refractivity contribution >= 4 is 17.8 Å². The molecule has 1 fully saturated rings. The minimum Gasteiger partial charge on any atom is -0.453 e. The molecule has 0 spiro atoms. The molecule has 3 heterocycles. The van der Waals surface area contributed by atoms with Crippen molar-refractivity contribution in [1.82, 2.24) is 25.5 Å². The maximum atomic E-state index is 11.8. The molecule has 2 N–H and O–H groups in total. The standard InChI is InChI=1S/C17H23N5O2S/c1-2-18-17(23)22-10-6-13(7-11-22)21-12-14-4-5-15(24-14)25-16-19-8-3-9-20-16/h3-5,8-9,13,21H,2,6-7,10-12H2,1H3,(H,18,23). The van der Waals surface area contributed by atoms with Gasteiger partial charge in [-0.15, -0.1) is 0 Å². The first kappa shape index (κ1) is 17.8. The predicted molar refractivity (Wildman–Crippen MR) is 95.4 cm³/mol. The molecule has 0 saturated carbocycles. The van der Waals surface area contributed by atoms with Crippen LogP contribution in [0.1, 0.15) is 25.5 Å². The van der Waals surface area contributed by atoms with Crippen LogP contribution in [0, 0.1) is 0 Å². The van der Waals surface area contributed by atoms with E-state index < -0.39 is 0 Å². The average Bonchev–Trinajstić information content (AvgIpc) is 3.09. The van der Waals surface area contributed by atoms with Gasteiger partial charge in [0.2, 0.25) is 0 Å². The van der Waals surface area contributed by atoms with Gasteiger partial charge in [0.1, 0.15) is 5.76 Å². The minimum atomic E-state index is 0.0387. The summed E-state index contributed by atoms with van der Waals surface area (Å²) in [5, 5.41) is 7.82. The van der Waals surface area contributed by atoms with E-state index >= 15 is 0 Å². The largest absolute Gasteiger partial charge is 0.453 e. The highest BCUT2D eigenvalue weighted by molar-refractivity contribution is 7.99. The van der Waals surface area contributed by atoms with Gasteiger partial charge in [0.05, 0.1) is 6.54 Å². The molecule has 0 radical (unpaired) electrons. The summed E-state index contributed by atoms with van der Waals surface area (Å²) in [6.07, 6.45) is 5.34. The fourth-order valence-electron chi connectivity index (χ4n) is 2.73. The van der Waals surface area contributed by atoms with Gasteiger partial charge in [0.25, 0.3) is 0 Å². The number of amides is 2. The molecule has 25 heavy (non-hydrogen) atoms. The number of furan rings is 1. The number of nitrogens with zero attached hydrogens (tertiary/aromatic N) is 3. The monoisotopic (exact) mass is 361 g/mol.